The first-order valence-corrected chi connectivity index (χ1v) is 6.17. The van der Waals surface area contributed by atoms with Gasteiger partial charge in [-0.05, 0) is 37.8 Å². The maximum atomic E-state index is 5.90. The molecular formula is C14H23NO. The van der Waals surface area contributed by atoms with Crippen molar-refractivity contribution in [2.45, 2.75) is 39.2 Å². The predicted octanol–water partition coefficient (Wildman–Crippen LogP) is 3.22. The van der Waals surface area contributed by atoms with Gasteiger partial charge in [0, 0.05) is 6.04 Å². The smallest absolute Gasteiger partial charge is 0.119 e. The van der Waals surface area contributed by atoms with Gasteiger partial charge >= 0.3 is 0 Å². The number of rotatable bonds is 7. The molecule has 0 amide bonds. The predicted molar refractivity (Wildman–Crippen MR) is 68.6 cm³/mol. The van der Waals surface area contributed by atoms with Crippen LogP contribution in [0.15, 0.2) is 30.3 Å². The first-order chi connectivity index (χ1) is 7.74. The van der Waals surface area contributed by atoms with Crippen LogP contribution < -0.4 is 10.5 Å². The normalized spacial score (nSPS) is 14.4. The van der Waals surface area contributed by atoms with Crippen LogP contribution in [-0.4, -0.2) is 12.6 Å². The largest absolute Gasteiger partial charge is 0.494 e. The fourth-order valence-corrected chi connectivity index (χ4v) is 1.89. The topological polar surface area (TPSA) is 35.2 Å². The fraction of sp³-hybridized carbons (Fsp3) is 0.571. The molecule has 0 bridgehead atoms. The number of hydrogen-bond acceptors (Lipinski definition) is 2. The van der Waals surface area contributed by atoms with Gasteiger partial charge in [0.05, 0.1) is 6.61 Å². The van der Waals surface area contributed by atoms with E-state index >= 15 is 0 Å². The lowest BCUT2D eigenvalue weighted by Crippen LogP contribution is -2.26. The first-order valence-electron chi connectivity index (χ1n) is 6.17. The van der Waals surface area contributed by atoms with Gasteiger partial charge in [-0.25, -0.2) is 0 Å². The van der Waals surface area contributed by atoms with Crippen LogP contribution >= 0.6 is 0 Å². The summed E-state index contributed by atoms with van der Waals surface area (Å²) in [6.07, 6.45) is 3.39. The molecule has 0 aliphatic carbocycles. The molecule has 0 aliphatic rings. The Hall–Kier alpha value is -1.02. The molecule has 2 heteroatoms. The minimum absolute atomic E-state index is 0.293. The van der Waals surface area contributed by atoms with Crippen LogP contribution in [0, 0.1) is 5.92 Å². The number of ether oxygens (including phenoxy) is 1. The lowest BCUT2D eigenvalue weighted by atomic mass is 9.94. The fourth-order valence-electron chi connectivity index (χ4n) is 1.89. The molecule has 1 rings (SSSR count). The third-order valence-electron chi connectivity index (χ3n) is 3.00. The third kappa shape index (κ3) is 4.67. The summed E-state index contributed by atoms with van der Waals surface area (Å²) >= 11 is 0. The summed E-state index contributed by atoms with van der Waals surface area (Å²) in [5.74, 6) is 1.58. The van der Waals surface area contributed by atoms with Crippen molar-refractivity contribution in [1.29, 1.82) is 0 Å². The number of para-hydroxylation sites is 1. The van der Waals surface area contributed by atoms with Crippen molar-refractivity contribution in [3.8, 4) is 5.75 Å². The molecule has 2 unspecified atom stereocenters. The minimum atomic E-state index is 0.293. The Morgan fingerprint density at radius 1 is 1.25 bits per heavy atom. The van der Waals surface area contributed by atoms with E-state index in [4.69, 9.17) is 10.5 Å². The van der Waals surface area contributed by atoms with E-state index < -0.39 is 0 Å². The zero-order chi connectivity index (χ0) is 11.8. The first kappa shape index (κ1) is 13.0. The Morgan fingerprint density at radius 3 is 2.50 bits per heavy atom. The zero-order valence-corrected chi connectivity index (χ0v) is 10.4. The van der Waals surface area contributed by atoms with E-state index in [0.717, 1.165) is 31.6 Å². The summed E-state index contributed by atoms with van der Waals surface area (Å²) < 4.78 is 5.64. The van der Waals surface area contributed by atoms with Gasteiger partial charge in [0.1, 0.15) is 5.75 Å². The lowest BCUT2D eigenvalue weighted by molar-refractivity contribution is 0.281. The van der Waals surface area contributed by atoms with Gasteiger partial charge < -0.3 is 10.5 Å². The summed E-state index contributed by atoms with van der Waals surface area (Å²) in [5.41, 5.74) is 5.90. The SMILES string of the molecule is CCC(CCCOc1ccccc1)C(C)N. The van der Waals surface area contributed by atoms with Gasteiger partial charge in [0.25, 0.3) is 0 Å². The number of benzene rings is 1. The van der Waals surface area contributed by atoms with Crippen LogP contribution in [0.2, 0.25) is 0 Å². The third-order valence-corrected chi connectivity index (χ3v) is 3.00. The van der Waals surface area contributed by atoms with Crippen LogP contribution in [-0.2, 0) is 0 Å². The van der Waals surface area contributed by atoms with E-state index in [1.165, 1.54) is 0 Å². The Balaban J connectivity index is 2.16. The van der Waals surface area contributed by atoms with Crippen molar-refractivity contribution in [3.63, 3.8) is 0 Å². The molecule has 0 heterocycles. The van der Waals surface area contributed by atoms with Crippen LogP contribution in [0.1, 0.15) is 33.1 Å². The number of nitrogens with two attached hydrogens (primary N) is 1. The molecule has 2 atom stereocenters. The van der Waals surface area contributed by atoms with Crippen LogP contribution in [0.3, 0.4) is 0 Å². The molecule has 0 radical (unpaired) electrons. The van der Waals surface area contributed by atoms with E-state index in [1.807, 2.05) is 30.3 Å². The molecule has 1 aromatic carbocycles. The monoisotopic (exact) mass is 221 g/mol. The zero-order valence-electron chi connectivity index (χ0n) is 10.4. The highest BCUT2D eigenvalue weighted by Crippen LogP contribution is 2.15. The summed E-state index contributed by atoms with van der Waals surface area (Å²) in [6, 6.07) is 10.3. The Labute approximate surface area is 98.8 Å². The molecule has 0 aromatic heterocycles. The summed E-state index contributed by atoms with van der Waals surface area (Å²) in [6.45, 7) is 5.07. The lowest BCUT2D eigenvalue weighted by Gasteiger charge is -2.18. The second kappa shape index (κ2) is 7.29. The van der Waals surface area contributed by atoms with Crippen molar-refractivity contribution in [2.24, 2.45) is 11.7 Å². The molecule has 2 nitrogen and oxygen atoms in total. The molecule has 90 valence electrons. The van der Waals surface area contributed by atoms with E-state index in [0.29, 0.717) is 12.0 Å². The van der Waals surface area contributed by atoms with Crippen molar-refractivity contribution in [1.82, 2.24) is 0 Å². The highest BCUT2D eigenvalue weighted by atomic mass is 16.5. The van der Waals surface area contributed by atoms with Crippen LogP contribution in [0.4, 0.5) is 0 Å². The molecule has 2 N–H and O–H groups in total. The van der Waals surface area contributed by atoms with Gasteiger partial charge in [0.15, 0.2) is 0 Å². The summed E-state index contributed by atoms with van der Waals surface area (Å²) in [7, 11) is 0. The Kier molecular flexibility index (Phi) is 5.94. The van der Waals surface area contributed by atoms with E-state index in [-0.39, 0.29) is 0 Å². The second-order valence-corrected chi connectivity index (χ2v) is 4.33. The molecule has 0 fully saturated rings. The van der Waals surface area contributed by atoms with Gasteiger partial charge in [-0.3, -0.25) is 0 Å². The average Bonchev–Trinajstić information content (AvgIpc) is 2.30. The van der Waals surface area contributed by atoms with Crippen molar-refractivity contribution >= 4 is 0 Å². The molecule has 1 aromatic rings. The number of hydrogen-bond donors (Lipinski definition) is 1. The Bertz CT molecular complexity index is 271. The van der Waals surface area contributed by atoms with Gasteiger partial charge in [-0.1, -0.05) is 31.5 Å². The minimum Gasteiger partial charge on any atom is -0.494 e. The van der Waals surface area contributed by atoms with Crippen molar-refractivity contribution in [2.75, 3.05) is 6.61 Å². The molecule has 16 heavy (non-hydrogen) atoms. The quantitative estimate of drug-likeness (QED) is 0.717. The Morgan fingerprint density at radius 2 is 1.94 bits per heavy atom. The van der Waals surface area contributed by atoms with Gasteiger partial charge in [-0.15, -0.1) is 0 Å². The van der Waals surface area contributed by atoms with Crippen LogP contribution in [0.5, 0.6) is 5.75 Å². The van der Waals surface area contributed by atoms with E-state index in [2.05, 4.69) is 13.8 Å². The van der Waals surface area contributed by atoms with Gasteiger partial charge in [0.2, 0.25) is 0 Å². The van der Waals surface area contributed by atoms with Crippen LogP contribution in [0.25, 0.3) is 0 Å². The molecule has 0 aliphatic heterocycles. The van der Waals surface area contributed by atoms with Crippen molar-refractivity contribution < 1.29 is 4.74 Å². The molecule has 0 saturated carbocycles. The average molecular weight is 221 g/mol. The molecule has 0 saturated heterocycles. The maximum absolute atomic E-state index is 5.90. The van der Waals surface area contributed by atoms with E-state index in [9.17, 15) is 0 Å². The maximum Gasteiger partial charge on any atom is 0.119 e. The van der Waals surface area contributed by atoms with E-state index in [1.54, 1.807) is 0 Å². The summed E-state index contributed by atoms with van der Waals surface area (Å²) in [5, 5.41) is 0. The molecule has 0 spiro atoms. The highest BCUT2D eigenvalue weighted by molar-refractivity contribution is 5.20. The standard InChI is InChI=1S/C14H23NO/c1-3-13(12(2)15)8-7-11-16-14-9-5-4-6-10-14/h4-6,9-10,12-13H,3,7-8,11,15H2,1-2H3. The van der Waals surface area contributed by atoms with Crippen molar-refractivity contribution in [3.05, 3.63) is 30.3 Å². The molecular weight excluding hydrogens is 198 g/mol. The highest BCUT2D eigenvalue weighted by Gasteiger charge is 2.10. The van der Waals surface area contributed by atoms with Gasteiger partial charge in [-0.2, -0.15) is 0 Å². The summed E-state index contributed by atoms with van der Waals surface area (Å²) in [4.78, 5) is 0. The second-order valence-electron chi connectivity index (χ2n) is 4.33.